The minimum atomic E-state index is -0.439. The van der Waals surface area contributed by atoms with Crippen molar-refractivity contribution in [1.29, 1.82) is 0 Å². The Bertz CT molecular complexity index is 966. The summed E-state index contributed by atoms with van der Waals surface area (Å²) in [7, 11) is 0. The summed E-state index contributed by atoms with van der Waals surface area (Å²) in [5, 5.41) is 1.26. The zero-order valence-electron chi connectivity index (χ0n) is 17.6. The minimum Gasteiger partial charge on any atom is -0.490 e. The molecule has 1 saturated heterocycles. The smallest absolute Gasteiger partial charge is 0.282 e. The van der Waals surface area contributed by atoms with Gasteiger partial charge in [-0.25, -0.2) is 5.01 Å². The second-order valence-electron chi connectivity index (χ2n) is 7.18. The monoisotopic (exact) mass is 471 g/mol. The van der Waals surface area contributed by atoms with Crippen molar-refractivity contribution in [2.24, 2.45) is 0 Å². The van der Waals surface area contributed by atoms with Crippen LogP contribution in [0.15, 0.2) is 52.5 Å². The molecule has 0 saturated carbocycles. The number of hydrogen-bond donors (Lipinski definition) is 1. The van der Waals surface area contributed by atoms with Crippen LogP contribution in [0.25, 0.3) is 6.08 Å². The van der Waals surface area contributed by atoms with Crippen molar-refractivity contribution in [2.45, 2.75) is 33.8 Å². The standard InChI is InChI=1S/C23H26BrN3O3/c1-5-26(6-2)19-10-7-16(21(14-19)30-15(3)4)13-20-22(28)25-27(23(20)29)18-11-8-17(24)9-12-18/h7-15H,5-6H2,1-4H3,(H,25,28)/b20-13+. The molecule has 30 heavy (non-hydrogen) atoms. The Kier molecular flexibility index (Phi) is 6.82. The summed E-state index contributed by atoms with van der Waals surface area (Å²) in [5.74, 6) is -0.193. The quantitative estimate of drug-likeness (QED) is 0.475. The van der Waals surface area contributed by atoms with Gasteiger partial charge in [-0.15, -0.1) is 0 Å². The maximum Gasteiger partial charge on any atom is 0.282 e. The highest BCUT2D eigenvalue weighted by atomic mass is 79.9. The van der Waals surface area contributed by atoms with Gasteiger partial charge in [0.1, 0.15) is 11.3 Å². The van der Waals surface area contributed by atoms with E-state index in [1.807, 2.05) is 44.2 Å². The van der Waals surface area contributed by atoms with Crippen LogP contribution < -0.4 is 20.1 Å². The van der Waals surface area contributed by atoms with E-state index in [1.165, 1.54) is 5.01 Å². The lowest BCUT2D eigenvalue weighted by molar-refractivity contribution is -0.117. The molecule has 0 radical (unpaired) electrons. The van der Waals surface area contributed by atoms with Crippen molar-refractivity contribution in [1.82, 2.24) is 5.43 Å². The molecule has 2 amide bonds. The molecule has 0 bridgehead atoms. The number of benzene rings is 2. The summed E-state index contributed by atoms with van der Waals surface area (Å²) in [4.78, 5) is 27.7. The van der Waals surface area contributed by atoms with E-state index in [2.05, 4.69) is 40.1 Å². The Morgan fingerprint density at radius 2 is 1.77 bits per heavy atom. The Morgan fingerprint density at radius 1 is 1.10 bits per heavy atom. The lowest BCUT2D eigenvalue weighted by atomic mass is 10.1. The van der Waals surface area contributed by atoms with E-state index in [-0.39, 0.29) is 11.7 Å². The Morgan fingerprint density at radius 3 is 2.37 bits per heavy atom. The second-order valence-corrected chi connectivity index (χ2v) is 8.09. The van der Waals surface area contributed by atoms with Gasteiger partial charge in [0.05, 0.1) is 11.8 Å². The predicted octanol–water partition coefficient (Wildman–Crippen LogP) is 4.54. The van der Waals surface area contributed by atoms with Crippen LogP contribution in [0.3, 0.4) is 0 Å². The zero-order chi connectivity index (χ0) is 21.8. The third kappa shape index (κ3) is 4.67. The summed E-state index contributed by atoms with van der Waals surface area (Å²) in [6.07, 6.45) is 1.56. The lowest BCUT2D eigenvalue weighted by Gasteiger charge is -2.23. The molecule has 6 nitrogen and oxygen atoms in total. The third-order valence-corrected chi connectivity index (χ3v) is 5.29. The van der Waals surface area contributed by atoms with E-state index in [0.29, 0.717) is 17.0 Å². The van der Waals surface area contributed by atoms with Crippen molar-refractivity contribution in [2.75, 3.05) is 23.0 Å². The van der Waals surface area contributed by atoms with Crippen LogP contribution >= 0.6 is 15.9 Å². The molecule has 0 spiro atoms. The molecule has 7 heteroatoms. The van der Waals surface area contributed by atoms with Crippen molar-refractivity contribution in [3.05, 3.63) is 58.1 Å². The lowest BCUT2D eigenvalue weighted by Crippen LogP contribution is -2.35. The van der Waals surface area contributed by atoms with E-state index in [4.69, 9.17) is 4.74 Å². The van der Waals surface area contributed by atoms with Crippen molar-refractivity contribution in [3.8, 4) is 5.75 Å². The molecule has 0 aliphatic carbocycles. The molecule has 0 aromatic heterocycles. The first-order valence-electron chi connectivity index (χ1n) is 10.0. The van der Waals surface area contributed by atoms with Crippen LogP contribution in [0.5, 0.6) is 5.75 Å². The number of hydrazine groups is 1. The van der Waals surface area contributed by atoms with Gasteiger partial charge in [-0.2, -0.15) is 0 Å². The summed E-state index contributed by atoms with van der Waals surface area (Å²) in [6.45, 7) is 9.84. The summed E-state index contributed by atoms with van der Waals surface area (Å²) in [6, 6.07) is 13.0. The number of halogens is 1. The Hall–Kier alpha value is -2.80. The topological polar surface area (TPSA) is 61.9 Å². The molecular formula is C23H26BrN3O3. The van der Waals surface area contributed by atoms with Gasteiger partial charge in [0, 0.05) is 34.9 Å². The third-order valence-electron chi connectivity index (χ3n) is 4.76. The Balaban J connectivity index is 1.97. The highest BCUT2D eigenvalue weighted by Crippen LogP contribution is 2.30. The molecule has 1 fully saturated rings. The fraction of sp³-hybridized carbons (Fsp3) is 0.304. The second kappa shape index (κ2) is 9.34. The van der Waals surface area contributed by atoms with Crippen LogP contribution in [-0.4, -0.2) is 31.0 Å². The Labute approximate surface area is 185 Å². The maximum absolute atomic E-state index is 12.9. The number of ether oxygens (including phenoxy) is 1. The molecule has 1 heterocycles. The normalized spacial score (nSPS) is 15.1. The number of carbonyl (C=O) groups is 2. The van der Waals surface area contributed by atoms with E-state index < -0.39 is 11.8 Å². The summed E-state index contributed by atoms with van der Waals surface area (Å²) in [5.41, 5.74) is 5.02. The van der Waals surface area contributed by atoms with Gasteiger partial charge in [0.2, 0.25) is 0 Å². The van der Waals surface area contributed by atoms with Crippen LogP contribution in [0, 0.1) is 0 Å². The van der Waals surface area contributed by atoms with Crippen LogP contribution in [-0.2, 0) is 9.59 Å². The molecule has 0 unspecified atom stereocenters. The molecular weight excluding hydrogens is 446 g/mol. The maximum atomic E-state index is 12.9. The molecule has 3 rings (SSSR count). The number of nitrogens with one attached hydrogen (secondary N) is 1. The average molecular weight is 472 g/mol. The van der Waals surface area contributed by atoms with Gasteiger partial charge in [-0.05, 0) is 70.2 Å². The van der Waals surface area contributed by atoms with Crippen molar-refractivity contribution in [3.63, 3.8) is 0 Å². The number of rotatable bonds is 7. The first-order chi connectivity index (χ1) is 14.3. The SMILES string of the molecule is CCN(CC)c1ccc(/C=C2\C(=O)NN(c3ccc(Br)cc3)C2=O)c(OC(C)C)c1. The molecule has 1 aliphatic heterocycles. The van der Waals surface area contributed by atoms with Crippen molar-refractivity contribution >= 4 is 45.2 Å². The number of anilines is 2. The number of hydrogen-bond acceptors (Lipinski definition) is 4. The van der Waals surface area contributed by atoms with Crippen molar-refractivity contribution < 1.29 is 14.3 Å². The predicted molar refractivity (Wildman–Crippen MR) is 124 cm³/mol. The fourth-order valence-electron chi connectivity index (χ4n) is 3.27. The molecule has 1 aliphatic rings. The highest BCUT2D eigenvalue weighted by molar-refractivity contribution is 9.10. The minimum absolute atomic E-state index is 0.0403. The number of amides is 2. The molecule has 2 aromatic carbocycles. The van der Waals surface area contributed by atoms with Gasteiger partial charge in [-0.1, -0.05) is 15.9 Å². The van der Waals surface area contributed by atoms with Gasteiger partial charge in [0.15, 0.2) is 0 Å². The fourth-order valence-corrected chi connectivity index (χ4v) is 3.53. The van der Waals surface area contributed by atoms with Gasteiger partial charge < -0.3 is 9.64 Å². The van der Waals surface area contributed by atoms with Gasteiger partial charge >= 0.3 is 0 Å². The van der Waals surface area contributed by atoms with E-state index >= 15 is 0 Å². The van der Waals surface area contributed by atoms with E-state index in [0.717, 1.165) is 23.2 Å². The van der Waals surface area contributed by atoms with E-state index in [9.17, 15) is 9.59 Å². The largest absolute Gasteiger partial charge is 0.490 e. The summed E-state index contributed by atoms with van der Waals surface area (Å²) < 4.78 is 6.89. The van der Waals surface area contributed by atoms with Crippen LogP contribution in [0.1, 0.15) is 33.3 Å². The molecule has 158 valence electrons. The average Bonchev–Trinajstić information content (AvgIpc) is 2.99. The number of nitrogens with zero attached hydrogens (tertiary/aromatic N) is 2. The number of carbonyl (C=O) groups excluding carboxylic acids is 2. The van der Waals surface area contributed by atoms with E-state index in [1.54, 1.807) is 18.2 Å². The van der Waals surface area contributed by atoms with Gasteiger partial charge in [-0.3, -0.25) is 15.0 Å². The molecule has 1 N–H and O–H groups in total. The molecule has 0 atom stereocenters. The molecule has 2 aromatic rings. The highest BCUT2D eigenvalue weighted by Gasteiger charge is 2.34. The first-order valence-corrected chi connectivity index (χ1v) is 10.8. The van der Waals surface area contributed by atoms with Gasteiger partial charge in [0.25, 0.3) is 11.8 Å². The van der Waals surface area contributed by atoms with Crippen LogP contribution in [0.4, 0.5) is 11.4 Å². The zero-order valence-corrected chi connectivity index (χ0v) is 19.2. The first kappa shape index (κ1) is 21.9. The summed E-state index contributed by atoms with van der Waals surface area (Å²) >= 11 is 3.37. The van der Waals surface area contributed by atoms with Crippen LogP contribution in [0.2, 0.25) is 0 Å².